The molecule has 0 aromatic carbocycles. The maximum atomic E-state index is 12.0. The second kappa shape index (κ2) is 8.81. The molecule has 0 spiro atoms. The van der Waals surface area contributed by atoms with Gasteiger partial charge in [0.2, 0.25) is 0 Å². The third-order valence-electron chi connectivity index (χ3n) is 2.86. The molecule has 1 rings (SSSR count). The monoisotopic (exact) mass is 353 g/mol. The minimum atomic E-state index is -0.506. The number of carbonyl (C=O) groups is 1. The molecule has 4 nitrogen and oxygen atoms in total. The van der Waals surface area contributed by atoms with Gasteiger partial charge in [0.15, 0.2) is 0 Å². The van der Waals surface area contributed by atoms with Crippen molar-refractivity contribution in [2.45, 2.75) is 58.6 Å². The van der Waals surface area contributed by atoms with Crippen LogP contribution in [0.1, 0.15) is 57.8 Å². The van der Waals surface area contributed by atoms with Crippen molar-refractivity contribution in [3.63, 3.8) is 0 Å². The van der Waals surface area contributed by atoms with Crippen LogP contribution in [0, 0.1) is 5.92 Å². The number of hydrogen-bond donors (Lipinski definition) is 1. The summed E-state index contributed by atoms with van der Waals surface area (Å²) >= 11 is 7.30. The van der Waals surface area contributed by atoms with Gasteiger partial charge in [-0.25, -0.2) is 9.78 Å². The summed E-state index contributed by atoms with van der Waals surface area (Å²) in [6.45, 7) is 9.72. The van der Waals surface area contributed by atoms with Crippen molar-refractivity contribution in [2.24, 2.45) is 5.92 Å². The van der Waals surface area contributed by atoms with Gasteiger partial charge in [-0.2, -0.15) is 0 Å². The molecule has 0 aliphatic heterocycles. The van der Waals surface area contributed by atoms with Gasteiger partial charge in [0, 0.05) is 5.38 Å². The van der Waals surface area contributed by atoms with Crippen LogP contribution in [0.4, 0.5) is 4.79 Å². The van der Waals surface area contributed by atoms with Gasteiger partial charge in [-0.15, -0.1) is 22.9 Å². The number of rotatable bonds is 5. The summed E-state index contributed by atoms with van der Waals surface area (Å²) in [6, 6.07) is -0.142. The lowest BCUT2D eigenvalue weighted by Crippen LogP contribution is -3.00. The SMILES string of the molecule is CC[C@H](C)[C@H](NC(=O)OC(C)(C)C)c1nc(CCl)cs1.[Cl-]. The van der Waals surface area contributed by atoms with Gasteiger partial charge in [0.05, 0.1) is 17.6 Å². The highest BCUT2D eigenvalue weighted by atomic mass is 35.5. The van der Waals surface area contributed by atoms with E-state index in [2.05, 4.69) is 24.1 Å². The van der Waals surface area contributed by atoms with E-state index in [-0.39, 0.29) is 24.4 Å². The minimum absolute atomic E-state index is 0. The molecule has 0 saturated heterocycles. The van der Waals surface area contributed by atoms with E-state index in [0.717, 1.165) is 17.1 Å². The van der Waals surface area contributed by atoms with E-state index in [9.17, 15) is 4.79 Å². The lowest BCUT2D eigenvalue weighted by atomic mass is 10.00. The Balaban J connectivity index is 0.00000400. The number of alkyl carbamates (subject to hydrolysis) is 1. The van der Waals surface area contributed by atoms with Gasteiger partial charge in [-0.3, -0.25) is 0 Å². The molecule has 0 aliphatic carbocycles. The summed E-state index contributed by atoms with van der Waals surface area (Å²) in [5, 5.41) is 5.72. The summed E-state index contributed by atoms with van der Waals surface area (Å²) in [5.74, 6) is 0.660. The number of ether oxygens (including phenoxy) is 1. The first kappa shape index (κ1) is 20.5. The van der Waals surface area contributed by atoms with Crippen LogP contribution in [-0.2, 0) is 10.6 Å². The number of carbonyl (C=O) groups excluding carboxylic acids is 1. The molecule has 1 heterocycles. The Morgan fingerprint density at radius 2 is 2.14 bits per heavy atom. The van der Waals surface area contributed by atoms with Crippen molar-refractivity contribution >= 4 is 29.0 Å². The fraction of sp³-hybridized carbons (Fsp3) is 0.714. The molecule has 7 heteroatoms. The van der Waals surface area contributed by atoms with Crippen LogP contribution < -0.4 is 17.7 Å². The van der Waals surface area contributed by atoms with Gasteiger partial charge in [-0.05, 0) is 26.7 Å². The number of hydrogen-bond acceptors (Lipinski definition) is 4. The lowest BCUT2D eigenvalue weighted by molar-refractivity contribution is -0.0000277. The number of halogens is 2. The molecule has 2 atom stereocenters. The Kier molecular flexibility index (Phi) is 8.59. The first-order valence-corrected chi connectivity index (χ1v) is 8.18. The van der Waals surface area contributed by atoms with Crippen molar-refractivity contribution in [2.75, 3.05) is 0 Å². The first-order valence-electron chi connectivity index (χ1n) is 6.76. The molecular formula is C14H23Cl2N2O2S-. The average molecular weight is 354 g/mol. The largest absolute Gasteiger partial charge is 1.00 e. The average Bonchev–Trinajstić information content (AvgIpc) is 2.81. The minimum Gasteiger partial charge on any atom is -1.00 e. The summed E-state index contributed by atoms with van der Waals surface area (Å²) in [4.78, 5) is 16.4. The third kappa shape index (κ3) is 6.85. The van der Waals surface area contributed by atoms with Crippen molar-refractivity contribution in [1.82, 2.24) is 10.3 Å². The first-order chi connectivity index (χ1) is 9.26. The van der Waals surface area contributed by atoms with Crippen LogP contribution in [0.15, 0.2) is 5.38 Å². The lowest BCUT2D eigenvalue weighted by Gasteiger charge is -2.25. The topological polar surface area (TPSA) is 51.2 Å². The summed E-state index contributed by atoms with van der Waals surface area (Å²) in [6.07, 6.45) is 0.529. The predicted molar refractivity (Wildman–Crippen MR) is 83.2 cm³/mol. The Morgan fingerprint density at radius 3 is 2.57 bits per heavy atom. The second-order valence-corrected chi connectivity index (χ2v) is 6.98. The molecule has 0 unspecified atom stereocenters. The van der Waals surface area contributed by atoms with Crippen LogP contribution in [0.3, 0.4) is 0 Å². The van der Waals surface area contributed by atoms with Gasteiger partial charge in [-0.1, -0.05) is 20.3 Å². The van der Waals surface area contributed by atoms with E-state index >= 15 is 0 Å². The number of thiazole rings is 1. The van der Waals surface area contributed by atoms with Crippen LogP contribution in [-0.4, -0.2) is 16.7 Å². The highest BCUT2D eigenvalue weighted by Crippen LogP contribution is 2.28. The number of nitrogens with zero attached hydrogens (tertiary/aromatic N) is 1. The van der Waals surface area contributed by atoms with E-state index in [0.29, 0.717) is 5.88 Å². The fourth-order valence-electron chi connectivity index (χ4n) is 1.64. The van der Waals surface area contributed by atoms with Crippen molar-refractivity contribution in [3.8, 4) is 0 Å². The van der Waals surface area contributed by atoms with Crippen molar-refractivity contribution in [1.29, 1.82) is 0 Å². The van der Waals surface area contributed by atoms with Crippen molar-refractivity contribution < 1.29 is 21.9 Å². The Labute approximate surface area is 142 Å². The molecule has 1 amide bonds. The van der Waals surface area contributed by atoms with E-state index in [4.69, 9.17) is 16.3 Å². The summed E-state index contributed by atoms with van der Waals surface area (Å²) in [7, 11) is 0. The fourth-order valence-corrected chi connectivity index (χ4v) is 2.87. The number of amides is 1. The van der Waals surface area contributed by atoms with E-state index < -0.39 is 11.7 Å². The maximum absolute atomic E-state index is 12.0. The smallest absolute Gasteiger partial charge is 0.408 e. The third-order valence-corrected chi connectivity index (χ3v) is 4.11. The van der Waals surface area contributed by atoms with E-state index in [1.54, 1.807) is 0 Å². The highest BCUT2D eigenvalue weighted by molar-refractivity contribution is 7.09. The van der Waals surface area contributed by atoms with Crippen molar-refractivity contribution in [3.05, 3.63) is 16.1 Å². The molecule has 0 fully saturated rings. The highest BCUT2D eigenvalue weighted by Gasteiger charge is 2.26. The Hall–Kier alpha value is -0.520. The Morgan fingerprint density at radius 1 is 1.52 bits per heavy atom. The van der Waals surface area contributed by atoms with Crippen LogP contribution in [0.2, 0.25) is 0 Å². The quantitative estimate of drug-likeness (QED) is 0.816. The molecule has 1 N–H and O–H groups in total. The van der Waals surface area contributed by atoms with E-state index in [1.165, 1.54) is 11.3 Å². The predicted octanol–water partition coefficient (Wildman–Crippen LogP) is 1.50. The zero-order valence-corrected chi connectivity index (χ0v) is 15.4. The molecule has 0 bridgehead atoms. The molecule has 122 valence electrons. The molecule has 21 heavy (non-hydrogen) atoms. The zero-order valence-electron chi connectivity index (χ0n) is 13.1. The van der Waals surface area contributed by atoms with Crippen LogP contribution >= 0.6 is 22.9 Å². The van der Waals surface area contributed by atoms with Gasteiger partial charge >= 0.3 is 6.09 Å². The molecule has 1 aromatic heterocycles. The van der Waals surface area contributed by atoms with Gasteiger partial charge < -0.3 is 22.5 Å². The summed E-state index contributed by atoms with van der Waals surface area (Å²) in [5.41, 5.74) is 0.333. The Bertz CT molecular complexity index is 446. The van der Waals surface area contributed by atoms with Crippen LogP contribution in [0.5, 0.6) is 0 Å². The van der Waals surface area contributed by atoms with E-state index in [1.807, 2.05) is 26.2 Å². The summed E-state index contributed by atoms with van der Waals surface area (Å²) < 4.78 is 5.32. The maximum Gasteiger partial charge on any atom is 0.408 e. The van der Waals surface area contributed by atoms with Gasteiger partial charge in [0.25, 0.3) is 0 Å². The molecule has 0 radical (unpaired) electrons. The number of nitrogens with one attached hydrogen (secondary N) is 1. The van der Waals surface area contributed by atoms with Crippen LogP contribution in [0.25, 0.3) is 0 Å². The molecular weight excluding hydrogens is 331 g/mol. The number of aromatic nitrogens is 1. The normalized spacial score (nSPS) is 14.0. The second-order valence-electron chi connectivity index (χ2n) is 5.82. The molecule has 1 aromatic rings. The zero-order chi connectivity index (χ0) is 15.3. The number of alkyl halides is 1. The van der Waals surface area contributed by atoms with Gasteiger partial charge in [0.1, 0.15) is 10.6 Å². The molecule has 0 saturated carbocycles. The standard InChI is InChI=1S/C14H23ClN2O2S.ClH/c1-6-9(2)11(12-16-10(7-15)8-20-12)17-13(18)19-14(3,4)5;/h8-9,11H,6-7H2,1-5H3,(H,17,18);1H/p-1/t9-,11-;/m0./s1. The molecule has 0 aliphatic rings.